The van der Waals surface area contributed by atoms with E-state index in [2.05, 4.69) is 43.7 Å². The number of benzene rings is 2. The van der Waals surface area contributed by atoms with Crippen molar-refractivity contribution in [2.75, 3.05) is 43.4 Å². The number of rotatable bonds is 4. The number of ether oxygens (including phenoxy) is 1. The first-order valence-corrected chi connectivity index (χ1v) is 14.8. The Bertz CT molecular complexity index is 1500. The summed E-state index contributed by atoms with van der Waals surface area (Å²) in [6.07, 6.45) is 4.02. The number of fused-ring (bicyclic) bond motifs is 1. The highest BCUT2D eigenvalue weighted by Gasteiger charge is 2.40. The summed E-state index contributed by atoms with van der Waals surface area (Å²) in [5.41, 5.74) is 11.7. The number of hydrogen-bond acceptors (Lipinski definition) is 7. The summed E-state index contributed by atoms with van der Waals surface area (Å²) in [5.74, 6) is 12.5. The van der Waals surface area contributed by atoms with Crippen LogP contribution in [0, 0.1) is 17.8 Å². The van der Waals surface area contributed by atoms with Crippen molar-refractivity contribution in [3.05, 3.63) is 77.7 Å². The van der Waals surface area contributed by atoms with Crippen molar-refractivity contribution in [2.24, 2.45) is 5.92 Å². The Hall–Kier alpha value is -3.64. The van der Waals surface area contributed by atoms with Crippen LogP contribution in [0.1, 0.15) is 24.0 Å². The van der Waals surface area contributed by atoms with Gasteiger partial charge in [0.1, 0.15) is 28.6 Å². The van der Waals surface area contributed by atoms with Crippen molar-refractivity contribution < 1.29 is 9.31 Å². The molecular formula is C31H31N6OS+. The molecule has 5 heterocycles. The molecule has 0 saturated carbocycles. The van der Waals surface area contributed by atoms with Gasteiger partial charge >= 0.3 is 5.82 Å². The second-order valence-electron chi connectivity index (χ2n) is 10.4. The summed E-state index contributed by atoms with van der Waals surface area (Å²) < 4.78 is 8.28. The highest BCUT2D eigenvalue weighted by Crippen LogP contribution is 2.44. The minimum atomic E-state index is 0.380. The molecule has 4 aliphatic heterocycles. The van der Waals surface area contributed by atoms with Crippen LogP contribution >= 0.6 is 11.8 Å². The van der Waals surface area contributed by atoms with E-state index in [4.69, 9.17) is 15.5 Å². The fourth-order valence-corrected chi connectivity index (χ4v) is 6.37. The first kappa shape index (κ1) is 24.4. The van der Waals surface area contributed by atoms with Crippen LogP contribution in [0.2, 0.25) is 0 Å². The minimum Gasteiger partial charge on any atom is -0.457 e. The summed E-state index contributed by atoms with van der Waals surface area (Å²) in [5, 5.41) is 3.47. The number of nitrogens with two attached hydrogens (primary N) is 1. The molecule has 0 bridgehead atoms. The average molecular weight is 536 g/mol. The maximum atomic E-state index is 6.50. The van der Waals surface area contributed by atoms with E-state index in [-0.39, 0.29) is 0 Å². The van der Waals surface area contributed by atoms with Crippen LogP contribution in [0.4, 0.5) is 11.6 Å². The summed E-state index contributed by atoms with van der Waals surface area (Å²) >= 11 is 1.92. The third kappa shape index (κ3) is 4.71. The molecule has 3 fully saturated rings. The standard InChI is InChI=1S/C31H31N6OS/c32-30-29-28(22-7-9-26(10-8-22)38-25-4-2-1-3-5-25)27(37(24-18-39-19-24)31(29)35-20-34-30)11-6-21-16-36(17-21)23-12-14-33-15-13-23/h1-5,7-10,20-21,23,33H,12-19H2,(H2,32,34,35)/q+1. The van der Waals surface area contributed by atoms with E-state index in [9.17, 15) is 0 Å². The van der Waals surface area contributed by atoms with E-state index < -0.39 is 0 Å². The lowest BCUT2D eigenvalue weighted by Gasteiger charge is -2.44. The smallest absolute Gasteiger partial charge is 0.342 e. The molecule has 0 atom stereocenters. The molecule has 0 aliphatic carbocycles. The Morgan fingerprint density at radius 2 is 1.72 bits per heavy atom. The van der Waals surface area contributed by atoms with Crippen molar-refractivity contribution in [3.63, 3.8) is 0 Å². The fraction of sp³-hybridized carbons (Fsp3) is 0.323. The predicted octanol–water partition coefficient (Wildman–Crippen LogP) is 4.14. The van der Waals surface area contributed by atoms with Crippen molar-refractivity contribution in [1.29, 1.82) is 0 Å². The van der Waals surface area contributed by atoms with Crippen LogP contribution in [-0.4, -0.2) is 68.9 Å². The highest BCUT2D eigenvalue weighted by molar-refractivity contribution is 8.03. The van der Waals surface area contributed by atoms with Gasteiger partial charge in [-0.3, -0.25) is 4.90 Å². The summed E-state index contributed by atoms with van der Waals surface area (Å²) in [6.45, 7) is 4.34. The zero-order chi connectivity index (χ0) is 26.2. The molecular weight excluding hydrogens is 504 g/mol. The predicted molar refractivity (Wildman–Crippen MR) is 156 cm³/mol. The second kappa shape index (κ2) is 10.5. The second-order valence-corrected chi connectivity index (χ2v) is 11.4. The van der Waals surface area contributed by atoms with Gasteiger partial charge in [-0.15, -0.1) is 11.8 Å². The number of nitrogens with zero attached hydrogens (tertiary/aromatic N) is 4. The Morgan fingerprint density at radius 1 is 0.974 bits per heavy atom. The Balaban J connectivity index is 1.24. The van der Waals surface area contributed by atoms with Gasteiger partial charge < -0.3 is 15.8 Å². The lowest BCUT2D eigenvalue weighted by Crippen LogP contribution is -2.54. The van der Waals surface area contributed by atoms with E-state index in [1.807, 2.05) is 54.2 Å². The molecule has 0 unspecified atom stereocenters. The molecule has 7 rings (SSSR count). The van der Waals surface area contributed by atoms with Gasteiger partial charge in [-0.2, -0.15) is 9.56 Å². The maximum Gasteiger partial charge on any atom is 0.342 e. The van der Waals surface area contributed by atoms with E-state index in [1.54, 1.807) is 6.33 Å². The van der Waals surface area contributed by atoms with E-state index in [0.717, 1.165) is 77.4 Å². The number of aromatic nitrogens is 2. The van der Waals surface area contributed by atoms with E-state index in [0.29, 0.717) is 17.8 Å². The molecule has 0 radical (unpaired) electrons. The van der Waals surface area contributed by atoms with Crippen molar-refractivity contribution in [1.82, 2.24) is 20.2 Å². The van der Waals surface area contributed by atoms with Crippen LogP contribution in [-0.2, 0) is 0 Å². The number of nitrogens with one attached hydrogen (secondary N) is 1. The number of piperidine rings is 1. The van der Waals surface area contributed by atoms with Gasteiger partial charge in [0.15, 0.2) is 5.70 Å². The van der Waals surface area contributed by atoms with Gasteiger partial charge in [-0.25, -0.2) is 0 Å². The zero-order valence-corrected chi connectivity index (χ0v) is 22.6. The van der Waals surface area contributed by atoms with Crippen LogP contribution in [0.5, 0.6) is 11.5 Å². The van der Waals surface area contributed by atoms with Crippen molar-refractivity contribution >= 4 is 34.7 Å². The largest absolute Gasteiger partial charge is 0.457 e. The van der Waals surface area contributed by atoms with Crippen LogP contribution < -0.4 is 15.8 Å². The molecule has 3 aromatic rings. The van der Waals surface area contributed by atoms with Gasteiger partial charge in [0.05, 0.1) is 17.1 Å². The third-order valence-electron chi connectivity index (χ3n) is 7.88. The zero-order valence-electron chi connectivity index (χ0n) is 21.8. The molecule has 0 spiro atoms. The topological polar surface area (TPSA) is 79.3 Å². The lowest BCUT2D eigenvalue weighted by atomic mass is 9.93. The Morgan fingerprint density at radius 3 is 2.44 bits per heavy atom. The number of nitrogen functional groups attached to an aromatic ring is 1. The highest BCUT2D eigenvalue weighted by atomic mass is 32.2. The van der Waals surface area contributed by atoms with Gasteiger partial charge in [0, 0.05) is 25.0 Å². The van der Waals surface area contributed by atoms with Crippen LogP contribution in [0.15, 0.2) is 66.6 Å². The van der Waals surface area contributed by atoms with Gasteiger partial charge in [0.2, 0.25) is 6.33 Å². The molecule has 0 amide bonds. The van der Waals surface area contributed by atoms with Gasteiger partial charge in [-0.05, 0) is 66.7 Å². The van der Waals surface area contributed by atoms with Gasteiger partial charge in [-0.1, -0.05) is 36.3 Å². The molecule has 39 heavy (non-hydrogen) atoms. The number of hydrogen-bond donors (Lipinski definition) is 2. The summed E-state index contributed by atoms with van der Waals surface area (Å²) in [6, 6.07) is 18.7. The number of allylic oxidation sites excluding steroid dienone is 1. The first-order chi connectivity index (χ1) is 19.2. The molecule has 3 saturated heterocycles. The van der Waals surface area contributed by atoms with E-state index >= 15 is 0 Å². The number of thioether (sulfide) groups is 1. The van der Waals surface area contributed by atoms with E-state index in [1.165, 1.54) is 18.6 Å². The monoisotopic (exact) mass is 535 g/mol. The lowest BCUT2D eigenvalue weighted by molar-refractivity contribution is -0.376. The normalized spacial score (nSPS) is 19.7. The van der Waals surface area contributed by atoms with Crippen LogP contribution in [0.3, 0.4) is 0 Å². The quantitative estimate of drug-likeness (QED) is 0.384. The number of para-hydroxylation sites is 1. The Labute approximate surface area is 233 Å². The van der Waals surface area contributed by atoms with Crippen LogP contribution in [0.25, 0.3) is 5.57 Å². The SMILES string of the molecule is Nc1ncnc2c1C(c1ccc(Oc3ccccc3)cc1)=C(C#CC1CN(C3CCNCC3)C1)[N+]2=C1CSC1. The van der Waals surface area contributed by atoms with Crippen molar-refractivity contribution in [3.8, 4) is 23.3 Å². The molecule has 7 nitrogen and oxygen atoms in total. The average Bonchev–Trinajstić information content (AvgIpc) is 3.23. The minimum absolute atomic E-state index is 0.380. The fourth-order valence-electron chi connectivity index (χ4n) is 5.72. The third-order valence-corrected chi connectivity index (χ3v) is 8.96. The number of anilines is 1. The molecule has 3 N–H and O–H groups in total. The molecule has 2 aromatic carbocycles. The Kier molecular flexibility index (Phi) is 6.57. The summed E-state index contributed by atoms with van der Waals surface area (Å²) in [4.78, 5) is 11.7. The molecule has 196 valence electrons. The molecule has 4 aliphatic rings. The molecule has 1 aromatic heterocycles. The van der Waals surface area contributed by atoms with Crippen molar-refractivity contribution in [2.45, 2.75) is 18.9 Å². The van der Waals surface area contributed by atoms with Gasteiger partial charge in [0.25, 0.3) is 0 Å². The summed E-state index contributed by atoms with van der Waals surface area (Å²) in [7, 11) is 0. The number of likely N-dealkylation sites (tertiary alicyclic amines) is 1. The first-order valence-electron chi connectivity index (χ1n) is 13.6. The molecule has 8 heteroatoms. The maximum absolute atomic E-state index is 6.50.